The fourth-order valence-corrected chi connectivity index (χ4v) is 2.57. The predicted molar refractivity (Wildman–Crippen MR) is 92.4 cm³/mol. The van der Waals surface area contributed by atoms with E-state index in [2.05, 4.69) is 0 Å². The molecule has 0 aromatic heterocycles. The van der Waals surface area contributed by atoms with Crippen molar-refractivity contribution in [3.05, 3.63) is 66.2 Å². The first-order chi connectivity index (χ1) is 11.8. The van der Waals surface area contributed by atoms with Gasteiger partial charge in [0, 0.05) is 11.6 Å². The van der Waals surface area contributed by atoms with E-state index in [4.69, 9.17) is 32.9 Å². The van der Waals surface area contributed by atoms with Crippen LogP contribution in [0.3, 0.4) is 0 Å². The first-order valence-electron chi connectivity index (χ1n) is 6.39. The minimum atomic E-state index is -4.38. The molecule has 0 saturated carbocycles. The van der Waals surface area contributed by atoms with Crippen LogP contribution in [-0.2, 0) is 10.1 Å². The van der Waals surface area contributed by atoms with Crippen molar-refractivity contribution in [1.82, 2.24) is 0 Å². The summed E-state index contributed by atoms with van der Waals surface area (Å²) in [7, 11) is -4.38. The Morgan fingerprint density at radius 3 is 1.96 bits per heavy atom. The molecule has 2 aromatic carbocycles. The normalized spacial score (nSPS) is 10.6. The zero-order chi connectivity index (χ0) is 20.2. The number of nitro benzene ring substituents is 2. The van der Waals surface area contributed by atoms with Gasteiger partial charge in [0.25, 0.3) is 21.5 Å². The summed E-state index contributed by atoms with van der Waals surface area (Å²) >= 11 is 10.9. The summed E-state index contributed by atoms with van der Waals surface area (Å²) in [5.74, 6) is -0.354. The number of nitrogens with zero attached hydrogens (tertiary/aromatic N) is 2. The summed E-state index contributed by atoms with van der Waals surface area (Å²) in [6.45, 7) is 1.48. The molecule has 0 radical (unpaired) electrons. The Hall–Kier alpha value is -2.47. The molecule has 2 aromatic rings. The van der Waals surface area contributed by atoms with Gasteiger partial charge in [-0.2, -0.15) is 8.42 Å². The molecular formula is C13H10Cl2N2O8S. The first-order valence-corrected chi connectivity index (χ1v) is 8.59. The topological polar surface area (TPSA) is 161 Å². The van der Waals surface area contributed by atoms with Crippen LogP contribution in [0.4, 0.5) is 11.4 Å². The first kappa shape index (κ1) is 21.6. The highest BCUT2D eigenvalue weighted by molar-refractivity contribution is 7.85. The van der Waals surface area contributed by atoms with E-state index in [0.717, 1.165) is 24.3 Å². The quantitative estimate of drug-likeness (QED) is 0.427. The van der Waals surface area contributed by atoms with E-state index in [-0.39, 0.29) is 27.2 Å². The number of rotatable bonds is 3. The fraction of sp³-hybridized carbons (Fsp3) is 0.0769. The van der Waals surface area contributed by atoms with Crippen LogP contribution in [-0.4, -0.2) is 27.9 Å². The standard InChI is InChI=1S/C7H7NO5S.C6H3Cl2NO3/c1-5-2-3-6(14(11,12)13)4-7(5)8(9)10;7-3-1-4(8)6(10)2-5(3)9(11)12/h2-4H,1H3,(H,11,12,13);1-2,10H. The third-order valence-electron chi connectivity index (χ3n) is 2.89. The molecule has 0 saturated heterocycles. The maximum atomic E-state index is 10.7. The molecule has 0 heterocycles. The van der Waals surface area contributed by atoms with Crippen LogP contribution in [0, 0.1) is 27.2 Å². The predicted octanol–water partition coefficient (Wildman–Crippen LogP) is 3.76. The maximum Gasteiger partial charge on any atom is 0.294 e. The van der Waals surface area contributed by atoms with Crippen molar-refractivity contribution in [2.24, 2.45) is 0 Å². The van der Waals surface area contributed by atoms with Gasteiger partial charge in [0.1, 0.15) is 15.7 Å². The number of nitro groups is 2. The van der Waals surface area contributed by atoms with Crippen molar-refractivity contribution in [1.29, 1.82) is 0 Å². The Morgan fingerprint density at radius 2 is 1.50 bits per heavy atom. The van der Waals surface area contributed by atoms with Crippen molar-refractivity contribution in [2.45, 2.75) is 11.8 Å². The van der Waals surface area contributed by atoms with E-state index in [0.29, 0.717) is 5.56 Å². The van der Waals surface area contributed by atoms with Gasteiger partial charge in [-0.05, 0) is 19.1 Å². The smallest absolute Gasteiger partial charge is 0.294 e. The highest BCUT2D eigenvalue weighted by atomic mass is 35.5. The average Bonchev–Trinajstić information content (AvgIpc) is 2.50. The Kier molecular flexibility index (Phi) is 6.86. The van der Waals surface area contributed by atoms with E-state index in [1.54, 1.807) is 0 Å². The van der Waals surface area contributed by atoms with E-state index >= 15 is 0 Å². The van der Waals surface area contributed by atoms with Gasteiger partial charge in [-0.3, -0.25) is 24.8 Å². The van der Waals surface area contributed by atoms with Crippen LogP contribution in [0.1, 0.15) is 5.56 Å². The molecule has 0 atom stereocenters. The summed E-state index contributed by atoms with van der Waals surface area (Å²) in [4.78, 5) is 18.8. The van der Waals surface area contributed by atoms with Crippen molar-refractivity contribution >= 4 is 44.7 Å². The summed E-state index contributed by atoms with van der Waals surface area (Å²) in [6, 6.07) is 5.23. The molecule has 26 heavy (non-hydrogen) atoms. The lowest BCUT2D eigenvalue weighted by molar-refractivity contribution is -0.385. The largest absolute Gasteiger partial charge is 0.506 e. The third kappa shape index (κ3) is 5.52. The van der Waals surface area contributed by atoms with Crippen LogP contribution >= 0.6 is 23.2 Å². The molecule has 0 unspecified atom stereocenters. The molecule has 0 aliphatic rings. The van der Waals surface area contributed by atoms with E-state index < -0.39 is 24.9 Å². The van der Waals surface area contributed by atoms with Crippen molar-refractivity contribution in [3.8, 4) is 5.75 Å². The molecule has 0 aliphatic carbocycles. The summed E-state index contributed by atoms with van der Waals surface area (Å²) < 4.78 is 29.9. The zero-order valence-electron chi connectivity index (χ0n) is 12.8. The van der Waals surface area contributed by atoms with Gasteiger partial charge in [0.15, 0.2) is 0 Å². The lowest BCUT2D eigenvalue weighted by Crippen LogP contribution is -2.00. The second-order valence-corrected chi connectivity index (χ2v) is 6.93. The van der Waals surface area contributed by atoms with Gasteiger partial charge in [-0.25, -0.2) is 0 Å². The molecule has 2 N–H and O–H groups in total. The minimum Gasteiger partial charge on any atom is -0.506 e. The van der Waals surface area contributed by atoms with Crippen LogP contribution in [0.5, 0.6) is 5.75 Å². The third-order valence-corrected chi connectivity index (χ3v) is 4.34. The lowest BCUT2D eigenvalue weighted by Gasteiger charge is -1.99. The minimum absolute atomic E-state index is 0.00870. The Balaban J connectivity index is 0.000000263. The molecule has 0 spiro atoms. The van der Waals surface area contributed by atoms with E-state index in [1.807, 2.05) is 0 Å². The molecule has 140 valence electrons. The molecule has 0 amide bonds. The number of aryl methyl sites for hydroxylation is 1. The Morgan fingerprint density at radius 1 is 0.962 bits per heavy atom. The monoisotopic (exact) mass is 424 g/mol. The van der Waals surface area contributed by atoms with Crippen LogP contribution < -0.4 is 0 Å². The van der Waals surface area contributed by atoms with Gasteiger partial charge in [0.2, 0.25) is 0 Å². The second-order valence-electron chi connectivity index (χ2n) is 4.69. The van der Waals surface area contributed by atoms with E-state index in [9.17, 15) is 28.6 Å². The number of halogens is 2. The highest BCUT2D eigenvalue weighted by Gasteiger charge is 2.17. The Bertz CT molecular complexity index is 978. The lowest BCUT2D eigenvalue weighted by atomic mass is 10.2. The van der Waals surface area contributed by atoms with Crippen LogP contribution in [0.2, 0.25) is 10.0 Å². The summed E-state index contributed by atoms with van der Waals surface area (Å²) in [5.41, 5.74) is -0.360. The molecule has 0 fully saturated rings. The molecular weight excluding hydrogens is 415 g/mol. The van der Waals surface area contributed by atoms with Crippen molar-refractivity contribution < 1.29 is 27.9 Å². The molecule has 13 heteroatoms. The number of aromatic hydroxyl groups is 1. The second kappa shape index (κ2) is 8.27. The number of hydrogen-bond acceptors (Lipinski definition) is 7. The molecule has 0 bridgehead atoms. The van der Waals surface area contributed by atoms with Gasteiger partial charge in [0.05, 0.1) is 20.9 Å². The van der Waals surface area contributed by atoms with E-state index in [1.165, 1.54) is 13.0 Å². The molecule has 0 aliphatic heterocycles. The fourth-order valence-electron chi connectivity index (χ4n) is 1.61. The SMILES string of the molecule is Cc1ccc(S(=O)(=O)O)cc1[N+](=O)[O-].O=[N+]([O-])c1cc(O)c(Cl)cc1Cl. The Labute approximate surface area is 156 Å². The zero-order valence-corrected chi connectivity index (χ0v) is 15.1. The molecule has 10 nitrogen and oxygen atoms in total. The highest BCUT2D eigenvalue weighted by Crippen LogP contribution is 2.34. The van der Waals surface area contributed by atoms with Gasteiger partial charge < -0.3 is 5.11 Å². The van der Waals surface area contributed by atoms with Crippen LogP contribution in [0.15, 0.2) is 35.2 Å². The van der Waals surface area contributed by atoms with Gasteiger partial charge in [-0.1, -0.05) is 29.3 Å². The average molecular weight is 425 g/mol. The number of hydrogen-bond donors (Lipinski definition) is 2. The summed E-state index contributed by atoms with van der Waals surface area (Å²) in [6.07, 6.45) is 0. The summed E-state index contributed by atoms with van der Waals surface area (Å²) in [5, 5.41) is 29.6. The van der Waals surface area contributed by atoms with Crippen LogP contribution in [0.25, 0.3) is 0 Å². The number of phenolic OH excluding ortho intramolecular Hbond substituents is 1. The van der Waals surface area contributed by atoms with Crippen molar-refractivity contribution in [3.63, 3.8) is 0 Å². The molecule has 2 rings (SSSR count). The van der Waals surface area contributed by atoms with Gasteiger partial charge in [-0.15, -0.1) is 0 Å². The number of benzene rings is 2. The van der Waals surface area contributed by atoms with Gasteiger partial charge >= 0.3 is 0 Å². The maximum absolute atomic E-state index is 10.7. The number of phenols is 1. The van der Waals surface area contributed by atoms with Crippen molar-refractivity contribution in [2.75, 3.05) is 0 Å².